The van der Waals surface area contributed by atoms with Crippen LogP contribution < -0.4 is 20.7 Å². The van der Waals surface area contributed by atoms with Crippen molar-refractivity contribution in [1.82, 2.24) is 16.0 Å². The summed E-state index contributed by atoms with van der Waals surface area (Å²) < 4.78 is 5.52. The highest BCUT2D eigenvalue weighted by atomic mass is 32.2. The van der Waals surface area contributed by atoms with Crippen molar-refractivity contribution in [2.45, 2.75) is 49.6 Å². The van der Waals surface area contributed by atoms with Crippen LogP contribution in [-0.4, -0.2) is 52.9 Å². The van der Waals surface area contributed by atoms with Crippen molar-refractivity contribution in [2.75, 3.05) is 12.0 Å². The molecule has 1 aliphatic heterocycles. The molecule has 186 valence electrons. The number of aliphatic hydroxyl groups excluding tert-OH is 1. The average molecular weight is 508 g/mol. The summed E-state index contributed by atoms with van der Waals surface area (Å²) in [7, 11) is 0. The molecule has 0 bridgehead atoms. The van der Waals surface area contributed by atoms with Gasteiger partial charge in [0.1, 0.15) is 23.3 Å². The van der Waals surface area contributed by atoms with Gasteiger partial charge in [0.15, 0.2) is 0 Å². The number of hydrogen-bond acceptors (Lipinski definition) is 8. The summed E-state index contributed by atoms with van der Waals surface area (Å²) >= 11 is 2.91. The lowest BCUT2D eigenvalue weighted by atomic mass is 10.0. The molecule has 1 aromatic rings. The number of esters is 1. The monoisotopic (exact) mass is 507 g/mol. The number of dihydropyridines is 1. The summed E-state index contributed by atoms with van der Waals surface area (Å²) in [6.07, 6.45) is 10.8. The van der Waals surface area contributed by atoms with Crippen LogP contribution in [0.4, 0.5) is 0 Å². The van der Waals surface area contributed by atoms with Crippen LogP contribution in [0.25, 0.3) is 0 Å². The summed E-state index contributed by atoms with van der Waals surface area (Å²) in [5, 5.41) is 18.8. The second kappa shape index (κ2) is 14.7. The van der Waals surface area contributed by atoms with E-state index in [1.54, 1.807) is 36.0 Å². The van der Waals surface area contributed by atoms with Crippen molar-refractivity contribution in [3.05, 3.63) is 54.3 Å². The van der Waals surface area contributed by atoms with Gasteiger partial charge in [0.2, 0.25) is 12.3 Å². The zero-order valence-electron chi connectivity index (χ0n) is 19.6. The van der Waals surface area contributed by atoms with Gasteiger partial charge >= 0.3 is 5.97 Å². The van der Waals surface area contributed by atoms with E-state index in [0.29, 0.717) is 36.3 Å². The third-order valence-corrected chi connectivity index (χ3v) is 6.68. The first kappa shape index (κ1) is 27.8. The Kier molecular flexibility index (Phi) is 12.1. The number of rotatable bonds is 14. The Morgan fingerprint density at radius 2 is 1.94 bits per heavy atom. The predicted molar refractivity (Wildman–Crippen MR) is 137 cm³/mol. The lowest BCUT2D eigenvalue weighted by Gasteiger charge is -2.23. The van der Waals surface area contributed by atoms with Crippen LogP contribution in [-0.2, 0) is 14.4 Å². The van der Waals surface area contributed by atoms with Crippen LogP contribution in [0.1, 0.15) is 37.7 Å². The van der Waals surface area contributed by atoms with E-state index in [-0.39, 0.29) is 11.3 Å². The van der Waals surface area contributed by atoms with Crippen molar-refractivity contribution in [3.63, 3.8) is 0 Å². The van der Waals surface area contributed by atoms with Crippen LogP contribution in [0.15, 0.2) is 48.7 Å². The highest BCUT2D eigenvalue weighted by molar-refractivity contribution is 8.00. The Balaban J connectivity index is 1.99. The first-order chi connectivity index (χ1) is 16.3. The van der Waals surface area contributed by atoms with E-state index in [2.05, 4.69) is 16.0 Å². The lowest BCUT2D eigenvalue weighted by Crippen LogP contribution is -2.51. The molecule has 0 aliphatic carbocycles. The van der Waals surface area contributed by atoms with Crippen LogP contribution in [0, 0.1) is 5.92 Å². The van der Waals surface area contributed by atoms with Crippen LogP contribution in [0.3, 0.4) is 0 Å². The maximum absolute atomic E-state index is 12.9. The molecule has 10 heteroatoms. The third-order valence-electron chi connectivity index (χ3n) is 4.92. The molecule has 4 unspecified atom stereocenters. The largest absolute Gasteiger partial charge is 0.425 e. The Labute approximate surface area is 209 Å². The zero-order chi connectivity index (χ0) is 24.9. The van der Waals surface area contributed by atoms with Gasteiger partial charge in [-0.05, 0) is 60.7 Å². The van der Waals surface area contributed by atoms with E-state index in [9.17, 15) is 19.5 Å². The van der Waals surface area contributed by atoms with Gasteiger partial charge in [0, 0.05) is 0 Å². The van der Waals surface area contributed by atoms with Crippen LogP contribution >= 0.6 is 23.5 Å². The minimum absolute atomic E-state index is 0.0358. The molecule has 0 saturated heterocycles. The molecule has 0 saturated carbocycles. The molecule has 0 spiro atoms. The maximum Gasteiger partial charge on any atom is 0.334 e. The van der Waals surface area contributed by atoms with E-state index in [1.807, 2.05) is 44.5 Å². The molecule has 2 rings (SSSR count). The van der Waals surface area contributed by atoms with E-state index >= 15 is 0 Å². The summed E-state index contributed by atoms with van der Waals surface area (Å²) in [5.41, 5.74) is -0.0759. The van der Waals surface area contributed by atoms with Gasteiger partial charge in [0.05, 0.1) is 5.37 Å². The number of thioether (sulfide) groups is 2. The van der Waals surface area contributed by atoms with Crippen molar-refractivity contribution in [1.29, 1.82) is 0 Å². The molecular formula is C24H33N3O5S2. The quantitative estimate of drug-likeness (QED) is 0.131. The fourth-order valence-electron chi connectivity index (χ4n) is 3.18. The molecule has 0 fully saturated rings. The fourth-order valence-corrected chi connectivity index (χ4v) is 4.58. The molecule has 0 aromatic heterocycles. The number of amides is 2. The number of benzene rings is 1. The average Bonchev–Trinajstić information content (AvgIpc) is 2.82. The Bertz CT molecular complexity index is 861. The number of carbonyl (C=O) groups is 3. The summed E-state index contributed by atoms with van der Waals surface area (Å²) in [6.45, 7) is 3.89. The van der Waals surface area contributed by atoms with Gasteiger partial charge in [-0.1, -0.05) is 49.9 Å². The lowest BCUT2D eigenvalue weighted by molar-refractivity contribution is -0.140. The Morgan fingerprint density at radius 1 is 1.21 bits per heavy atom. The van der Waals surface area contributed by atoms with Gasteiger partial charge in [-0.2, -0.15) is 11.8 Å². The smallest absolute Gasteiger partial charge is 0.334 e. The van der Waals surface area contributed by atoms with E-state index in [0.717, 1.165) is 0 Å². The minimum atomic E-state index is -0.851. The molecule has 2 amide bonds. The van der Waals surface area contributed by atoms with Gasteiger partial charge in [-0.3, -0.25) is 9.59 Å². The molecule has 34 heavy (non-hydrogen) atoms. The molecule has 4 N–H and O–H groups in total. The molecule has 4 atom stereocenters. The number of hydrogen-bond donors (Lipinski definition) is 4. The third kappa shape index (κ3) is 9.44. The van der Waals surface area contributed by atoms with Crippen LogP contribution in [0.5, 0.6) is 5.75 Å². The molecule has 1 aromatic carbocycles. The molecule has 8 nitrogen and oxygen atoms in total. The van der Waals surface area contributed by atoms with Crippen molar-refractivity contribution in [2.24, 2.45) is 5.92 Å². The number of carbonyl (C=O) groups excluding carboxylic acids is 3. The number of ether oxygens (including phenoxy) is 1. The summed E-state index contributed by atoms with van der Waals surface area (Å²) in [5.74, 6) is 0.145. The van der Waals surface area contributed by atoms with Gasteiger partial charge in [0.25, 0.3) is 0 Å². The Morgan fingerprint density at radius 3 is 2.53 bits per heavy atom. The Hall–Kier alpha value is -2.43. The normalized spacial score (nSPS) is 17.4. The SMILES string of the molecule is CSCCC(NC=O)C(=O)NC(CC(C)C)C(=O)Oc1ccc(C(O)SC2C=CC=CN2)cc1. The summed E-state index contributed by atoms with van der Waals surface area (Å²) in [6, 6.07) is 5.07. The number of aliphatic hydroxyl groups is 1. The number of allylic oxidation sites excluding steroid dienone is 2. The van der Waals surface area contributed by atoms with Crippen molar-refractivity contribution < 1.29 is 24.2 Å². The minimum Gasteiger partial charge on any atom is -0.425 e. The topological polar surface area (TPSA) is 117 Å². The standard InChI is InChI=1S/C24H33N3O5S2/c1-16(2)14-20(27-22(29)19(26-15-28)11-13-33-3)23(30)32-18-9-7-17(8-10-18)24(31)34-21-6-4-5-12-25-21/h4-10,12,15-16,19-21,24-25,31H,11,13-14H2,1-3H3,(H,26,28)(H,27,29). The fraction of sp³-hybridized carbons (Fsp3) is 0.458. The highest BCUT2D eigenvalue weighted by Crippen LogP contribution is 2.31. The predicted octanol–water partition coefficient (Wildman–Crippen LogP) is 2.71. The maximum atomic E-state index is 12.9. The molecule has 1 heterocycles. The zero-order valence-corrected chi connectivity index (χ0v) is 21.2. The second-order valence-electron chi connectivity index (χ2n) is 8.12. The number of nitrogens with one attached hydrogen (secondary N) is 3. The second-order valence-corrected chi connectivity index (χ2v) is 10.3. The van der Waals surface area contributed by atoms with Crippen molar-refractivity contribution in [3.8, 4) is 5.75 Å². The first-order valence-electron chi connectivity index (χ1n) is 11.1. The van der Waals surface area contributed by atoms with Gasteiger partial charge < -0.3 is 25.8 Å². The highest BCUT2D eigenvalue weighted by Gasteiger charge is 2.27. The molecular weight excluding hydrogens is 474 g/mol. The van der Waals surface area contributed by atoms with E-state index in [4.69, 9.17) is 4.74 Å². The van der Waals surface area contributed by atoms with E-state index in [1.165, 1.54) is 11.8 Å². The van der Waals surface area contributed by atoms with Gasteiger partial charge in [-0.25, -0.2) is 4.79 Å². The van der Waals surface area contributed by atoms with Crippen molar-refractivity contribution >= 4 is 41.8 Å². The molecule has 0 radical (unpaired) electrons. The van der Waals surface area contributed by atoms with Crippen LogP contribution in [0.2, 0.25) is 0 Å². The molecule has 1 aliphatic rings. The van der Waals surface area contributed by atoms with Gasteiger partial charge in [-0.15, -0.1) is 0 Å². The van der Waals surface area contributed by atoms with E-state index < -0.39 is 29.4 Å². The first-order valence-corrected chi connectivity index (χ1v) is 13.4. The summed E-state index contributed by atoms with van der Waals surface area (Å²) in [4.78, 5) is 36.4.